The first kappa shape index (κ1) is 14.7. The van der Waals surface area contributed by atoms with Crippen molar-refractivity contribution in [3.05, 3.63) is 51.5 Å². The summed E-state index contributed by atoms with van der Waals surface area (Å²) in [7, 11) is 1.64. The number of carbonyl (C=O) groups excluding carboxylic acids is 1. The number of hydrogen-bond donors (Lipinski definition) is 1. The highest BCUT2D eigenvalue weighted by Crippen LogP contribution is 2.27. The van der Waals surface area contributed by atoms with Crippen molar-refractivity contribution in [2.45, 2.75) is 6.92 Å². The minimum Gasteiger partial charge on any atom is -0.497 e. The smallest absolute Gasteiger partial charge is 0.267 e. The van der Waals surface area contributed by atoms with E-state index in [4.69, 9.17) is 4.74 Å². The molecule has 0 aliphatic rings. The predicted molar refractivity (Wildman–Crippen MR) is 91.1 cm³/mol. The molecule has 2 aromatic heterocycles. The molecule has 0 spiro atoms. The van der Waals surface area contributed by atoms with E-state index in [0.717, 1.165) is 21.9 Å². The normalized spacial score (nSPS) is 10.5. The van der Waals surface area contributed by atoms with Crippen molar-refractivity contribution >= 4 is 33.7 Å². The minimum absolute atomic E-state index is 0.117. The topological polar surface area (TPSA) is 51.2 Å². The number of aryl methyl sites for hydroxylation is 1. The van der Waals surface area contributed by atoms with E-state index in [-0.39, 0.29) is 5.91 Å². The van der Waals surface area contributed by atoms with Crippen LogP contribution in [0.5, 0.6) is 5.75 Å². The van der Waals surface area contributed by atoms with Gasteiger partial charge in [0.25, 0.3) is 5.91 Å². The molecule has 0 unspecified atom stereocenters. The Morgan fingerprint density at radius 1 is 1.18 bits per heavy atom. The summed E-state index contributed by atoms with van der Waals surface area (Å²) in [5.41, 5.74) is 1.83. The number of ether oxygens (including phenoxy) is 1. The number of rotatable bonds is 4. The Morgan fingerprint density at radius 2 is 1.95 bits per heavy atom. The van der Waals surface area contributed by atoms with E-state index in [2.05, 4.69) is 10.3 Å². The zero-order valence-electron chi connectivity index (χ0n) is 12.1. The average molecular weight is 330 g/mol. The van der Waals surface area contributed by atoms with Crippen LogP contribution in [0.3, 0.4) is 0 Å². The van der Waals surface area contributed by atoms with E-state index in [1.54, 1.807) is 7.11 Å². The summed E-state index contributed by atoms with van der Waals surface area (Å²) < 4.78 is 5.14. The van der Waals surface area contributed by atoms with Crippen LogP contribution in [-0.2, 0) is 0 Å². The average Bonchev–Trinajstić information content (AvgIpc) is 3.16. The molecule has 1 aromatic carbocycles. The van der Waals surface area contributed by atoms with Crippen LogP contribution in [0, 0.1) is 6.92 Å². The molecule has 22 heavy (non-hydrogen) atoms. The highest BCUT2D eigenvalue weighted by atomic mass is 32.1. The summed E-state index contributed by atoms with van der Waals surface area (Å²) in [5.74, 6) is 0.689. The van der Waals surface area contributed by atoms with Crippen molar-refractivity contribution in [1.82, 2.24) is 4.98 Å². The molecule has 0 radical (unpaired) electrons. The lowest BCUT2D eigenvalue weighted by Crippen LogP contribution is -2.09. The lowest BCUT2D eigenvalue weighted by molar-refractivity contribution is 0.103. The number of nitrogens with zero attached hydrogens (tertiary/aromatic N) is 1. The molecule has 0 bridgehead atoms. The molecule has 0 fully saturated rings. The monoisotopic (exact) mass is 330 g/mol. The quantitative estimate of drug-likeness (QED) is 0.769. The predicted octanol–water partition coefficient (Wildman–Crippen LogP) is 4.44. The number of thiazole rings is 1. The zero-order valence-corrected chi connectivity index (χ0v) is 13.8. The van der Waals surface area contributed by atoms with Gasteiger partial charge in [0, 0.05) is 15.8 Å². The van der Waals surface area contributed by atoms with E-state index in [9.17, 15) is 4.79 Å². The van der Waals surface area contributed by atoms with Gasteiger partial charge in [-0.15, -0.1) is 22.7 Å². The molecule has 6 heteroatoms. The standard InChI is InChI=1S/C16H14N2O2S2/c1-10-3-8-14(22-10)15(19)18-16-17-13(9-21-16)11-4-6-12(20-2)7-5-11/h3-9H,1-2H3,(H,17,18,19). The number of benzene rings is 1. The number of thiophene rings is 1. The summed E-state index contributed by atoms with van der Waals surface area (Å²) in [5, 5.41) is 5.37. The first-order valence-corrected chi connectivity index (χ1v) is 8.33. The molecule has 112 valence electrons. The number of anilines is 1. The Hall–Kier alpha value is -2.18. The fraction of sp³-hybridized carbons (Fsp3) is 0.125. The van der Waals surface area contributed by atoms with Crippen molar-refractivity contribution in [1.29, 1.82) is 0 Å². The lowest BCUT2D eigenvalue weighted by Gasteiger charge is -2.01. The molecular formula is C16H14N2O2S2. The Kier molecular flexibility index (Phi) is 4.22. The van der Waals surface area contributed by atoms with Gasteiger partial charge in [0.2, 0.25) is 0 Å². The molecule has 0 saturated carbocycles. The number of amides is 1. The molecule has 3 aromatic rings. The van der Waals surface area contributed by atoms with Crippen molar-refractivity contribution in [3.63, 3.8) is 0 Å². The van der Waals surface area contributed by atoms with Gasteiger partial charge < -0.3 is 4.74 Å². The summed E-state index contributed by atoms with van der Waals surface area (Å²) in [6.45, 7) is 1.98. The van der Waals surface area contributed by atoms with Gasteiger partial charge in [0.1, 0.15) is 5.75 Å². The Balaban J connectivity index is 1.74. The molecule has 0 aliphatic heterocycles. The third kappa shape index (κ3) is 3.18. The van der Waals surface area contributed by atoms with Crippen LogP contribution in [0.2, 0.25) is 0 Å². The van der Waals surface area contributed by atoms with Crippen molar-refractivity contribution in [2.24, 2.45) is 0 Å². The lowest BCUT2D eigenvalue weighted by atomic mass is 10.2. The highest BCUT2D eigenvalue weighted by Gasteiger charge is 2.11. The fourth-order valence-electron chi connectivity index (χ4n) is 1.94. The number of nitrogens with one attached hydrogen (secondary N) is 1. The van der Waals surface area contributed by atoms with Gasteiger partial charge >= 0.3 is 0 Å². The molecular weight excluding hydrogens is 316 g/mol. The summed E-state index contributed by atoms with van der Waals surface area (Å²) in [6.07, 6.45) is 0. The first-order chi connectivity index (χ1) is 10.7. The van der Waals surface area contributed by atoms with E-state index in [0.29, 0.717) is 10.0 Å². The molecule has 2 heterocycles. The van der Waals surface area contributed by atoms with Gasteiger partial charge in [-0.2, -0.15) is 0 Å². The summed E-state index contributed by atoms with van der Waals surface area (Å²) >= 11 is 2.89. The Morgan fingerprint density at radius 3 is 2.59 bits per heavy atom. The van der Waals surface area contributed by atoms with Gasteiger partial charge in [0.15, 0.2) is 5.13 Å². The van der Waals surface area contributed by atoms with Crippen LogP contribution in [0.15, 0.2) is 41.8 Å². The van der Waals surface area contributed by atoms with Gasteiger partial charge in [-0.3, -0.25) is 10.1 Å². The fourth-order valence-corrected chi connectivity index (χ4v) is 3.42. The number of carbonyl (C=O) groups is 1. The minimum atomic E-state index is -0.117. The van der Waals surface area contributed by atoms with E-state index < -0.39 is 0 Å². The maximum absolute atomic E-state index is 12.1. The third-order valence-electron chi connectivity index (χ3n) is 3.07. The van der Waals surface area contributed by atoms with Gasteiger partial charge in [-0.1, -0.05) is 0 Å². The van der Waals surface area contributed by atoms with E-state index in [1.165, 1.54) is 22.7 Å². The van der Waals surface area contributed by atoms with Gasteiger partial charge in [-0.05, 0) is 43.3 Å². The summed E-state index contributed by atoms with van der Waals surface area (Å²) in [6, 6.07) is 11.4. The Labute approximate surface area is 136 Å². The van der Waals surface area contributed by atoms with E-state index in [1.807, 2.05) is 48.7 Å². The SMILES string of the molecule is COc1ccc(-c2csc(NC(=O)c3ccc(C)s3)n2)cc1. The first-order valence-electron chi connectivity index (χ1n) is 6.63. The molecule has 0 aliphatic carbocycles. The maximum Gasteiger partial charge on any atom is 0.267 e. The number of methoxy groups -OCH3 is 1. The second-order valence-electron chi connectivity index (χ2n) is 4.63. The van der Waals surface area contributed by atoms with E-state index >= 15 is 0 Å². The molecule has 3 rings (SSSR count). The Bertz CT molecular complexity index is 791. The van der Waals surface area contributed by atoms with Crippen LogP contribution < -0.4 is 10.1 Å². The second kappa shape index (κ2) is 6.29. The van der Waals surface area contributed by atoms with Gasteiger partial charge in [-0.25, -0.2) is 4.98 Å². The van der Waals surface area contributed by atoms with Crippen LogP contribution >= 0.6 is 22.7 Å². The largest absolute Gasteiger partial charge is 0.497 e. The second-order valence-corrected chi connectivity index (χ2v) is 6.78. The van der Waals surface area contributed by atoms with Crippen LogP contribution in [0.25, 0.3) is 11.3 Å². The molecule has 4 nitrogen and oxygen atoms in total. The molecule has 0 saturated heterocycles. The number of hydrogen-bond acceptors (Lipinski definition) is 5. The van der Waals surface area contributed by atoms with Crippen molar-refractivity contribution < 1.29 is 9.53 Å². The van der Waals surface area contributed by atoms with Crippen LogP contribution in [0.1, 0.15) is 14.5 Å². The molecule has 1 N–H and O–H groups in total. The summed E-state index contributed by atoms with van der Waals surface area (Å²) in [4.78, 5) is 18.4. The molecule has 0 atom stereocenters. The molecule has 1 amide bonds. The van der Waals surface area contributed by atoms with Crippen LogP contribution in [-0.4, -0.2) is 18.0 Å². The number of aromatic nitrogens is 1. The third-order valence-corrected chi connectivity index (χ3v) is 4.83. The highest BCUT2D eigenvalue weighted by molar-refractivity contribution is 7.15. The van der Waals surface area contributed by atoms with Crippen molar-refractivity contribution in [3.8, 4) is 17.0 Å². The maximum atomic E-state index is 12.1. The van der Waals surface area contributed by atoms with Gasteiger partial charge in [0.05, 0.1) is 17.7 Å². The van der Waals surface area contributed by atoms with Crippen LogP contribution in [0.4, 0.5) is 5.13 Å². The zero-order chi connectivity index (χ0) is 15.5. The van der Waals surface area contributed by atoms with Crippen molar-refractivity contribution in [2.75, 3.05) is 12.4 Å².